The van der Waals surface area contributed by atoms with Crippen molar-refractivity contribution in [2.45, 2.75) is 19.4 Å². The van der Waals surface area contributed by atoms with Crippen LogP contribution in [-0.2, 0) is 4.74 Å². The lowest BCUT2D eigenvalue weighted by atomic mass is 10.1. The molecule has 70 valence electrons. The Morgan fingerprint density at radius 2 is 2.38 bits per heavy atom. The highest BCUT2D eigenvalue weighted by atomic mass is 32.1. The molecule has 0 aromatic carbocycles. The lowest BCUT2D eigenvalue weighted by Crippen LogP contribution is -2.17. The largest absolute Gasteiger partial charge is 0.475 e. The van der Waals surface area contributed by atoms with Gasteiger partial charge in [0, 0.05) is 5.38 Å². The van der Waals surface area contributed by atoms with Gasteiger partial charge in [0.05, 0.1) is 11.1 Å². The highest BCUT2D eigenvalue weighted by Gasteiger charge is 2.27. The van der Waals surface area contributed by atoms with Crippen molar-refractivity contribution in [3.8, 4) is 0 Å². The second-order valence-electron chi connectivity index (χ2n) is 3.66. The van der Waals surface area contributed by atoms with Gasteiger partial charge in [0.1, 0.15) is 6.61 Å². The van der Waals surface area contributed by atoms with E-state index in [1.165, 1.54) is 6.07 Å². The molecule has 0 radical (unpaired) electrons. The first-order chi connectivity index (χ1) is 6.07. The topological polar surface area (TPSA) is 21.6 Å². The molecule has 0 saturated carbocycles. The molecule has 0 aliphatic carbocycles. The van der Waals surface area contributed by atoms with Gasteiger partial charge in [-0.3, -0.25) is 0 Å². The third-order valence-corrected chi connectivity index (χ3v) is 2.50. The minimum atomic E-state index is -0.203. The van der Waals surface area contributed by atoms with Crippen LogP contribution in [0.3, 0.4) is 0 Å². The average molecular weight is 199 g/mol. The minimum Gasteiger partial charge on any atom is -0.475 e. The molecule has 1 aromatic heterocycles. The molecule has 0 unspecified atom stereocenters. The monoisotopic (exact) mass is 199 g/mol. The van der Waals surface area contributed by atoms with E-state index in [2.05, 4.69) is 4.99 Å². The molecule has 1 aromatic rings. The van der Waals surface area contributed by atoms with Crippen LogP contribution in [0.15, 0.2) is 16.4 Å². The van der Waals surface area contributed by atoms with E-state index >= 15 is 0 Å². The van der Waals surface area contributed by atoms with Crippen LogP contribution < -0.4 is 0 Å². The molecular weight excluding hydrogens is 189 g/mol. The number of hydrogen-bond acceptors (Lipinski definition) is 3. The third kappa shape index (κ3) is 1.72. The Bertz CT molecular complexity index is 356. The Labute approximate surface area is 80.1 Å². The summed E-state index contributed by atoms with van der Waals surface area (Å²) in [5.41, 5.74) is 0.571. The maximum Gasteiger partial charge on any atom is 0.217 e. The Morgan fingerprint density at radius 1 is 1.62 bits per heavy atom. The first-order valence-electron chi connectivity index (χ1n) is 4.04. The predicted octanol–water partition coefficient (Wildman–Crippen LogP) is 2.44. The van der Waals surface area contributed by atoms with E-state index < -0.39 is 0 Å². The van der Waals surface area contributed by atoms with Gasteiger partial charge in [-0.05, 0) is 19.9 Å². The molecule has 0 atom stereocenters. The van der Waals surface area contributed by atoms with Gasteiger partial charge < -0.3 is 4.74 Å². The summed E-state index contributed by atoms with van der Waals surface area (Å²) in [7, 11) is 0. The van der Waals surface area contributed by atoms with E-state index in [0.29, 0.717) is 12.5 Å². The summed E-state index contributed by atoms with van der Waals surface area (Å²) in [5, 5.41) is 1.52. The number of ether oxygens (including phenoxy) is 1. The smallest absolute Gasteiger partial charge is 0.217 e. The third-order valence-electron chi connectivity index (χ3n) is 1.78. The Morgan fingerprint density at radius 3 is 2.85 bits per heavy atom. The number of halogens is 1. The van der Waals surface area contributed by atoms with E-state index in [1.807, 2.05) is 13.8 Å². The summed E-state index contributed by atoms with van der Waals surface area (Å²) in [6.07, 6.45) is 0. The van der Waals surface area contributed by atoms with Crippen molar-refractivity contribution in [2.75, 3.05) is 6.61 Å². The van der Waals surface area contributed by atoms with Gasteiger partial charge in [-0.15, -0.1) is 11.3 Å². The fourth-order valence-corrected chi connectivity index (χ4v) is 1.76. The van der Waals surface area contributed by atoms with Gasteiger partial charge in [-0.1, -0.05) is 0 Å². The van der Waals surface area contributed by atoms with Crippen molar-refractivity contribution in [2.24, 2.45) is 4.99 Å². The fraction of sp³-hybridized carbons (Fsp3) is 0.444. The first kappa shape index (κ1) is 8.69. The van der Waals surface area contributed by atoms with Crippen LogP contribution in [0.5, 0.6) is 0 Å². The first-order valence-corrected chi connectivity index (χ1v) is 4.92. The Hall–Kier alpha value is -0.900. The van der Waals surface area contributed by atoms with E-state index in [0.717, 1.165) is 16.9 Å². The van der Waals surface area contributed by atoms with Crippen LogP contribution in [0.1, 0.15) is 19.4 Å². The van der Waals surface area contributed by atoms with Gasteiger partial charge in [-0.2, -0.15) is 4.39 Å². The Balaban J connectivity index is 2.29. The van der Waals surface area contributed by atoms with Crippen LogP contribution in [0, 0.1) is 5.13 Å². The van der Waals surface area contributed by atoms with Gasteiger partial charge >= 0.3 is 0 Å². The molecule has 4 heteroatoms. The summed E-state index contributed by atoms with van der Waals surface area (Å²) < 4.78 is 18.0. The normalized spacial score (nSPS) is 19.8. The zero-order chi connectivity index (χ0) is 9.47. The average Bonchev–Trinajstić information content (AvgIpc) is 2.56. The molecule has 0 bridgehead atoms. The van der Waals surface area contributed by atoms with Crippen LogP contribution >= 0.6 is 11.3 Å². The highest BCUT2D eigenvalue weighted by molar-refractivity contribution is 7.08. The molecule has 0 saturated heterocycles. The van der Waals surface area contributed by atoms with Gasteiger partial charge in [0.15, 0.2) is 5.13 Å². The predicted molar refractivity (Wildman–Crippen MR) is 50.8 cm³/mol. The number of thiophene rings is 1. The molecule has 1 aliphatic rings. The molecule has 2 heterocycles. The summed E-state index contributed by atoms with van der Waals surface area (Å²) >= 11 is 1.06. The van der Waals surface area contributed by atoms with Crippen molar-refractivity contribution in [3.63, 3.8) is 0 Å². The minimum absolute atomic E-state index is 0.173. The summed E-state index contributed by atoms with van der Waals surface area (Å²) in [5.74, 6) is 0.560. The van der Waals surface area contributed by atoms with Crippen LogP contribution in [-0.4, -0.2) is 18.0 Å². The van der Waals surface area contributed by atoms with Crippen LogP contribution in [0.25, 0.3) is 0 Å². The van der Waals surface area contributed by atoms with E-state index in [1.54, 1.807) is 5.38 Å². The Kier molecular flexibility index (Phi) is 1.87. The highest BCUT2D eigenvalue weighted by Crippen LogP contribution is 2.22. The number of aliphatic imine (C=N–C) groups is 1. The standard InChI is InChI=1S/C9H10FNOS/c1-9(2)5-12-8(11-9)6-3-7(10)13-4-6/h3-4H,5H2,1-2H3. The molecule has 0 amide bonds. The quantitative estimate of drug-likeness (QED) is 0.680. The van der Waals surface area contributed by atoms with Crippen molar-refractivity contribution in [1.82, 2.24) is 0 Å². The molecule has 0 spiro atoms. The number of rotatable bonds is 1. The SMILES string of the molecule is CC1(C)COC(c2csc(F)c2)=N1. The van der Waals surface area contributed by atoms with E-state index in [-0.39, 0.29) is 10.7 Å². The zero-order valence-corrected chi connectivity index (χ0v) is 8.32. The lowest BCUT2D eigenvalue weighted by molar-refractivity contribution is 0.279. The number of nitrogens with zero attached hydrogens (tertiary/aromatic N) is 1. The molecule has 13 heavy (non-hydrogen) atoms. The van der Waals surface area contributed by atoms with Crippen molar-refractivity contribution >= 4 is 17.2 Å². The maximum atomic E-state index is 12.7. The second-order valence-corrected chi connectivity index (χ2v) is 4.52. The second kappa shape index (κ2) is 2.80. The van der Waals surface area contributed by atoms with Gasteiger partial charge in [0.2, 0.25) is 5.90 Å². The zero-order valence-electron chi connectivity index (χ0n) is 7.50. The van der Waals surface area contributed by atoms with Crippen molar-refractivity contribution in [3.05, 3.63) is 22.1 Å². The van der Waals surface area contributed by atoms with Crippen LogP contribution in [0.2, 0.25) is 0 Å². The van der Waals surface area contributed by atoms with E-state index in [9.17, 15) is 4.39 Å². The molecule has 0 fully saturated rings. The molecule has 1 aliphatic heterocycles. The maximum absolute atomic E-state index is 12.7. The molecule has 2 rings (SSSR count). The fourth-order valence-electron chi connectivity index (χ4n) is 1.15. The lowest BCUT2D eigenvalue weighted by Gasteiger charge is -2.07. The number of hydrogen-bond donors (Lipinski definition) is 0. The molecule has 0 N–H and O–H groups in total. The molecule has 2 nitrogen and oxygen atoms in total. The van der Waals surface area contributed by atoms with Gasteiger partial charge in [0.25, 0.3) is 0 Å². The van der Waals surface area contributed by atoms with Crippen molar-refractivity contribution in [1.29, 1.82) is 0 Å². The molecular formula is C9H10FNOS. The van der Waals surface area contributed by atoms with Crippen LogP contribution in [0.4, 0.5) is 4.39 Å². The summed E-state index contributed by atoms with van der Waals surface area (Å²) in [6, 6.07) is 1.45. The summed E-state index contributed by atoms with van der Waals surface area (Å²) in [4.78, 5) is 4.34. The van der Waals surface area contributed by atoms with E-state index in [4.69, 9.17) is 4.74 Å². The summed E-state index contributed by atoms with van der Waals surface area (Å²) in [6.45, 7) is 4.55. The van der Waals surface area contributed by atoms with Gasteiger partial charge in [-0.25, -0.2) is 4.99 Å². The van der Waals surface area contributed by atoms with Crippen molar-refractivity contribution < 1.29 is 9.13 Å².